The molecule has 1 amide bonds. The van der Waals surface area contributed by atoms with Crippen LogP contribution >= 0.6 is 27.3 Å². The molecule has 1 aliphatic carbocycles. The van der Waals surface area contributed by atoms with Crippen LogP contribution in [0.15, 0.2) is 6.07 Å². The summed E-state index contributed by atoms with van der Waals surface area (Å²) in [6.07, 6.45) is 7.14. The fourth-order valence-corrected chi connectivity index (χ4v) is 4.15. The van der Waals surface area contributed by atoms with E-state index in [4.69, 9.17) is 0 Å². The molecule has 0 saturated heterocycles. The van der Waals surface area contributed by atoms with Crippen LogP contribution in [0.4, 0.5) is 0 Å². The number of amides is 1. The highest BCUT2D eigenvalue weighted by molar-refractivity contribution is 9.09. The summed E-state index contributed by atoms with van der Waals surface area (Å²) in [5.74, 6) is 0.0986. The standard InChI is InChI=1S/C14H20BrNOS/c1-10(7-8-15)16-14(17)13-9-11-5-3-2-4-6-12(11)18-13/h9-10H,2-8H2,1H3,(H,16,17). The Morgan fingerprint density at radius 2 is 2.22 bits per heavy atom. The van der Waals surface area contributed by atoms with Crippen LogP contribution in [0.3, 0.4) is 0 Å². The first-order valence-electron chi connectivity index (χ1n) is 6.69. The highest BCUT2D eigenvalue weighted by Crippen LogP contribution is 2.28. The van der Waals surface area contributed by atoms with E-state index in [0.717, 1.165) is 29.5 Å². The van der Waals surface area contributed by atoms with Crippen molar-refractivity contribution in [1.82, 2.24) is 5.32 Å². The smallest absolute Gasteiger partial charge is 0.261 e. The van der Waals surface area contributed by atoms with Gasteiger partial charge in [0.05, 0.1) is 4.88 Å². The summed E-state index contributed by atoms with van der Waals surface area (Å²) in [5, 5.41) is 3.99. The van der Waals surface area contributed by atoms with Crippen molar-refractivity contribution in [3.05, 3.63) is 21.4 Å². The Morgan fingerprint density at radius 1 is 1.44 bits per heavy atom. The number of fused-ring (bicyclic) bond motifs is 1. The Bertz CT molecular complexity index is 392. The van der Waals surface area contributed by atoms with Crippen LogP contribution in [0.5, 0.6) is 0 Å². The van der Waals surface area contributed by atoms with Crippen molar-refractivity contribution in [2.24, 2.45) is 0 Å². The molecule has 18 heavy (non-hydrogen) atoms. The SMILES string of the molecule is CC(CCBr)NC(=O)c1cc2c(s1)CCCCC2. The van der Waals surface area contributed by atoms with E-state index in [1.54, 1.807) is 11.3 Å². The van der Waals surface area contributed by atoms with E-state index in [1.807, 2.05) is 0 Å². The summed E-state index contributed by atoms with van der Waals surface area (Å²) < 4.78 is 0. The van der Waals surface area contributed by atoms with Crippen LogP contribution in [-0.4, -0.2) is 17.3 Å². The van der Waals surface area contributed by atoms with Gasteiger partial charge in [0.25, 0.3) is 5.91 Å². The van der Waals surface area contributed by atoms with Crippen molar-refractivity contribution in [2.45, 2.75) is 51.5 Å². The number of aryl methyl sites for hydroxylation is 2. The Hall–Kier alpha value is -0.350. The van der Waals surface area contributed by atoms with Crippen LogP contribution in [0.1, 0.15) is 52.7 Å². The van der Waals surface area contributed by atoms with Gasteiger partial charge in [0.1, 0.15) is 0 Å². The van der Waals surface area contributed by atoms with Gasteiger partial charge in [-0.05, 0) is 50.7 Å². The second-order valence-electron chi connectivity index (χ2n) is 4.97. The molecule has 1 heterocycles. The maximum atomic E-state index is 12.1. The molecule has 1 atom stereocenters. The van der Waals surface area contributed by atoms with Gasteiger partial charge in [-0.2, -0.15) is 0 Å². The van der Waals surface area contributed by atoms with Crippen molar-refractivity contribution in [1.29, 1.82) is 0 Å². The number of halogens is 1. The van der Waals surface area contributed by atoms with E-state index in [0.29, 0.717) is 0 Å². The minimum atomic E-state index is 0.0986. The summed E-state index contributed by atoms with van der Waals surface area (Å²) >= 11 is 5.10. The fourth-order valence-electron chi connectivity index (χ4n) is 2.31. The van der Waals surface area contributed by atoms with Gasteiger partial charge in [0, 0.05) is 16.2 Å². The van der Waals surface area contributed by atoms with Gasteiger partial charge >= 0.3 is 0 Å². The van der Waals surface area contributed by atoms with Crippen LogP contribution < -0.4 is 5.32 Å². The molecule has 2 rings (SSSR count). The zero-order valence-electron chi connectivity index (χ0n) is 10.8. The lowest BCUT2D eigenvalue weighted by Gasteiger charge is -2.11. The molecule has 1 unspecified atom stereocenters. The van der Waals surface area contributed by atoms with Gasteiger partial charge in [0.2, 0.25) is 0 Å². The van der Waals surface area contributed by atoms with Crippen molar-refractivity contribution < 1.29 is 4.79 Å². The Morgan fingerprint density at radius 3 is 3.00 bits per heavy atom. The third kappa shape index (κ3) is 3.58. The van der Waals surface area contributed by atoms with E-state index in [2.05, 4.69) is 34.2 Å². The van der Waals surface area contributed by atoms with Crippen LogP contribution in [-0.2, 0) is 12.8 Å². The van der Waals surface area contributed by atoms with Gasteiger partial charge in [0.15, 0.2) is 0 Å². The van der Waals surface area contributed by atoms with Crippen molar-refractivity contribution >= 4 is 33.2 Å². The number of nitrogens with one attached hydrogen (secondary N) is 1. The number of rotatable bonds is 4. The van der Waals surface area contributed by atoms with Gasteiger partial charge in [-0.1, -0.05) is 22.4 Å². The van der Waals surface area contributed by atoms with Crippen molar-refractivity contribution in [3.8, 4) is 0 Å². The minimum Gasteiger partial charge on any atom is -0.349 e. The second kappa shape index (κ2) is 6.71. The van der Waals surface area contributed by atoms with Gasteiger partial charge in [-0.3, -0.25) is 4.79 Å². The van der Waals surface area contributed by atoms with E-state index in [1.165, 1.54) is 29.7 Å². The highest BCUT2D eigenvalue weighted by Gasteiger charge is 2.17. The normalized spacial score (nSPS) is 16.8. The molecule has 0 aliphatic heterocycles. The zero-order valence-corrected chi connectivity index (χ0v) is 13.2. The zero-order chi connectivity index (χ0) is 13.0. The average molecular weight is 330 g/mol. The predicted molar refractivity (Wildman–Crippen MR) is 80.9 cm³/mol. The third-order valence-electron chi connectivity index (χ3n) is 3.39. The Labute approximate surface area is 121 Å². The predicted octanol–water partition coefficient (Wildman–Crippen LogP) is 3.92. The molecule has 1 aromatic heterocycles. The maximum absolute atomic E-state index is 12.1. The molecule has 0 aromatic carbocycles. The first-order chi connectivity index (χ1) is 8.70. The molecule has 1 N–H and O–H groups in total. The number of carbonyl (C=O) groups excluding carboxylic acids is 1. The maximum Gasteiger partial charge on any atom is 0.261 e. The topological polar surface area (TPSA) is 29.1 Å². The van der Waals surface area contributed by atoms with E-state index in [-0.39, 0.29) is 11.9 Å². The number of alkyl halides is 1. The average Bonchev–Trinajstić information content (AvgIpc) is 2.61. The Kier molecular flexibility index (Phi) is 5.25. The lowest BCUT2D eigenvalue weighted by Crippen LogP contribution is -2.32. The molecular formula is C14H20BrNOS. The molecule has 0 saturated carbocycles. The summed E-state index contributed by atoms with van der Waals surface area (Å²) in [4.78, 5) is 14.4. The fraction of sp³-hybridized carbons (Fsp3) is 0.643. The quantitative estimate of drug-likeness (QED) is 0.658. The molecule has 1 aliphatic rings. The number of carbonyl (C=O) groups is 1. The van der Waals surface area contributed by atoms with Gasteiger partial charge in [-0.15, -0.1) is 11.3 Å². The summed E-state index contributed by atoms with van der Waals surface area (Å²) in [6.45, 7) is 2.05. The Balaban J connectivity index is 2.02. The minimum absolute atomic E-state index is 0.0986. The van der Waals surface area contributed by atoms with Gasteiger partial charge < -0.3 is 5.32 Å². The summed E-state index contributed by atoms with van der Waals surface area (Å²) in [5.41, 5.74) is 1.41. The van der Waals surface area contributed by atoms with E-state index < -0.39 is 0 Å². The lowest BCUT2D eigenvalue weighted by molar-refractivity contribution is 0.0943. The molecule has 0 radical (unpaired) electrons. The highest BCUT2D eigenvalue weighted by atomic mass is 79.9. The first-order valence-corrected chi connectivity index (χ1v) is 8.63. The number of thiophene rings is 1. The van der Waals surface area contributed by atoms with E-state index in [9.17, 15) is 4.79 Å². The van der Waals surface area contributed by atoms with Crippen LogP contribution in [0.25, 0.3) is 0 Å². The van der Waals surface area contributed by atoms with Crippen molar-refractivity contribution in [2.75, 3.05) is 5.33 Å². The molecule has 0 spiro atoms. The molecule has 4 heteroatoms. The van der Waals surface area contributed by atoms with Gasteiger partial charge in [-0.25, -0.2) is 0 Å². The molecule has 1 aromatic rings. The summed E-state index contributed by atoms with van der Waals surface area (Å²) in [7, 11) is 0. The molecule has 2 nitrogen and oxygen atoms in total. The second-order valence-corrected chi connectivity index (χ2v) is 6.90. The molecule has 100 valence electrons. The monoisotopic (exact) mass is 329 g/mol. The van der Waals surface area contributed by atoms with Crippen LogP contribution in [0, 0.1) is 0 Å². The first kappa shape index (κ1) is 14.1. The third-order valence-corrected chi connectivity index (χ3v) is 5.08. The largest absolute Gasteiger partial charge is 0.349 e. The number of hydrogen-bond acceptors (Lipinski definition) is 2. The van der Waals surface area contributed by atoms with Crippen molar-refractivity contribution in [3.63, 3.8) is 0 Å². The number of hydrogen-bond donors (Lipinski definition) is 1. The van der Waals surface area contributed by atoms with Crippen LogP contribution in [0.2, 0.25) is 0 Å². The molecule has 0 fully saturated rings. The summed E-state index contributed by atoms with van der Waals surface area (Å²) in [6, 6.07) is 2.35. The molecular weight excluding hydrogens is 310 g/mol. The van der Waals surface area contributed by atoms with E-state index >= 15 is 0 Å². The molecule has 0 bridgehead atoms. The lowest BCUT2D eigenvalue weighted by atomic mass is 10.1.